The molecule has 0 radical (unpaired) electrons. The fourth-order valence-electron chi connectivity index (χ4n) is 3.47. The van der Waals surface area contributed by atoms with Crippen molar-refractivity contribution < 1.29 is 0 Å². The van der Waals surface area contributed by atoms with Gasteiger partial charge in [0.2, 0.25) is 0 Å². The van der Waals surface area contributed by atoms with Crippen LogP contribution < -0.4 is 0 Å². The highest BCUT2D eigenvalue weighted by atomic mass is 14.3. The Morgan fingerprint density at radius 2 is 1.21 bits per heavy atom. The molecule has 0 bridgehead atoms. The van der Waals surface area contributed by atoms with E-state index < -0.39 is 0 Å². The molecule has 3 aromatic rings. The fraction of sp³-hybridized carbons (Fsp3) is 0.143. The first-order chi connectivity index (χ1) is 12.8. The average Bonchev–Trinajstić information content (AvgIpc) is 3.03. The third kappa shape index (κ3) is 4.78. The predicted octanol–water partition coefficient (Wildman–Crippen LogP) is 8.22. The molecule has 0 N–H and O–H groups in total. The normalized spacial score (nSPS) is 13.8. The molecule has 0 saturated carbocycles. The van der Waals surface area contributed by atoms with E-state index in [1.807, 2.05) is 30.4 Å². The summed E-state index contributed by atoms with van der Waals surface area (Å²) in [4.78, 5) is 0. The molecule has 0 heteroatoms. The van der Waals surface area contributed by atoms with Crippen molar-refractivity contribution in [2.75, 3.05) is 0 Å². The zero-order valence-corrected chi connectivity index (χ0v) is 15.2. The zero-order valence-electron chi connectivity index (χ0n) is 15.2. The third-order valence-corrected chi connectivity index (χ3v) is 4.68. The third-order valence-electron chi connectivity index (χ3n) is 4.68. The summed E-state index contributed by atoms with van der Waals surface area (Å²) in [6.07, 6.45) is 3.91. The van der Waals surface area contributed by atoms with E-state index in [4.69, 9.17) is 0 Å². The van der Waals surface area contributed by atoms with Gasteiger partial charge in [-0.05, 0) is 34.8 Å². The maximum absolute atomic E-state index is 3.99. The van der Waals surface area contributed by atoms with Crippen molar-refractivity contribution in [1.82, 2.24) is 0 Å². The molecular weight excluding hydrogens is 336 g/mol. The second kappa shape index (κ2) is 10.9. The van der Waals surface area contributed by atoms with Gasteiger partial charge in [-0.3, -0.25) is 0 Å². The molecule has 0 aromatic heterocycles. The first kappa shape index (κ1) is 22.9. The van der Waals surface area contributed by atoms with Crippen molar-refractivity contribution >= 4 is 5.57 Å². The smallest absolute Gasteiger partial charge is 0.0352 e. The highest BCUT2D eigenvalue weighted by Crippen LogP contribution is 2.46. The molecule has 0 amide bonds. The molecule has 0 saturated heterocycles. The molecule has 144 valence electrons. The molecule has 0 aliphatic heterocycles. The van der Waals surface area contributed by atoms with E-state index in [1.54, 1.807) is 0 Å². The van der Waals surface area contributed by atoms with E-state index in [2.05, 4.69) is 86.8 Å². The summed E-state index contributed by atoms with van der Waals surface area (Å²) in [5, 5.41) is 0. The number of benzene rings is 3. The summed E-state index contributed by atoms with van der Waals surface area (Å²) in [6, 6.07) is 29.4. The van der Waals surface area contributed by atoms with Gasteiger partial charge in [-0.1, -0.05) is 131 Å². The maximum atomic E-state index is 3.99. The van der Waals surface area contributed by atoms with E-state index in [9.17, 15) is 0 Å². The quantitative estimate of drug-likeness (QED) is 0.437. The number of fused-ring (bicyclic) bond motifs is 1. The lowest BCUT2D eigenvalue weighted by atomic mass is 9.88. The van der Waals surface area contributed by atoms with Crippen LogP contribution in [0.3, 0.4) is 0 Å². The van der Waals surface area contributed by atoms with Crippen LogP contribution in [0.15, 0.2) is 116 Å². The van der Waals surface area contributed by atoms with Crippen LogP contribution in [0.2, 0.25) is 0 Å². The maximum Gasteiger partial charge on any atom is 0.0352 e. The van der Waals surface area contributed by atoms with Crippen molar-refractivity contribution in [1.29, 1.82) is 0 Å². The molecule has 1 aliphatic carbocycles. The number of allylic oxidation sites excluding steroid dienone is 4. The van der Waals surface area contributed by atoms with Crippen molar-refractivity contribution in [2.24, 2.45) is 0 Å². The van der Waals surface area contributed by atoms with E-state index in [1.165, 1.54) is 33.4 Å². The molecule has 1 aliphatic rings. The fourth-order valence-corrected chi connectivity index (χ4v) is 3.47. The molecular formula is C28H32. The van der Waals surface area contributed by atoms with Crippen LogP contribution in [0.5, 0.6) is 0 Å². The van der Waals surface area contributed by atoms with Gasteiger partial charge in [-0.2, -0.15) is 0 Å². The highest BCUT2D eigenvalue weighted by Gasteiger charge is 2.28. The van der Waals surface area contributed by atoms with Crippen LogP contribution in [0.4, 0.5) is 0 Å². The Bertz CT molecular complexity index is 915. The molecule has 1 atom stereocenters. The number of hydrogen-bond donors (Lipinski definition) is 0. The van der Waals surface area contributed by atoms with Crippen molar-refractivity contribution in [2.45, 2.75) is 27.7 Å². The molecule has 0 heterocycles. The Morgan fingerprint density at radius 1 is 0.679 bits per heavy atom. The number of aryl methyl sites for hydroxylation is 1. The van der Waals surface area contributed by atoms with Gasteiger partial charge in [0.25, 0.3) is 0 Å². The van der Waals surface area contributed by atoms with Crippen LogP contribution in [0.1, 0.15) is 43.0 Å². The Labute approximate surface area is 171 Å². The SMILES string of the molecule is C.C.C=CC1=C(C=C)C(c2ccccc2)c2ccccc21.Cc1ccccc1. The van der Waals surface area contributed by atoms with Crippen LogP contribution in [-0.4, -0.2) is 0 Å². The predicted molar refractivity (Wildman–Crippen MR) is 127 cm³/mol. The van der Waals surface area contributed by atoms with Crippen LogP contribution in [0, 0.1) is 6.92 Å². The van der Waals surface area contributed by atoms with Crippen molar-refractivity contribution in [3.63, 3.8) is 0 Å². The van der Waals surface area contributed by atoms with Crippen LogP contribution in [0.25, 0.3) is 5.57 Å². The van der Waals surface area contributed by atoms with Crippen LogP contribution >= 0.6 is 0 Å². The lowest BCUT2D eigenvalue weighted by Crippen LogP contribution is -1.99. The first-order valence-corrected chi connectivity index (χ1v) is 8.91. The number of rotatable bonds is 3. The monoisotopic (exact) mass is 368 g/mol. The summed E-state index contributed by atoms with van der Waals surface area (Å²) in [5.41, 5.74) is 7.71. The van der Waals surface area contributed by atoms with E-state index in [0.717, 1.165) is 0 Å². The summed E-state index contributed by atoms with van der Waals surface area (Å²) in [6.45, 7) is 10.0. The molecule has 1 unspecified atom stereocenters. The minimum atomic E-state index is 0. The zero-order chi connectivity index (χ0) is 18.4. The summed E-state index contributed by atoms with van der Waals surface area (Å²) in [5.74, 6) is 0.280. The van der Waals surface area contributed by atoms with Gasteiger partial charge in [0.15, 0.2) is 0 Å². The molecule has 0 spiro atoms. The molecule has 0 nitrogen and oxygen atoms in total. The Kier molecular flexibility index (Phi) is 8.91. The van der Waals surface area contributed by atoms with Gasteiger partial charge >= 0.3 is 0 Å². The standard InChI is InChI=1S/C19H16.C7H8.2CH4/c1-3-15-16(4-2)19(14-10-6-5-7-11-14)18-13-9-8-12-17(15)18;1-7-5-3-2-4-6-7;;/h3-13,19H,1-2H2;2-6H,1H3;2*1H4. The van der Waals surface area contributed by atoms with Gasteiger partial charge in [0, 0.05) is 5.92 Å². The summed E-state index contributed by atoms with van der Waals surface area (Å²) >= 11 is 0. The second-order valence-corrected chi connectivity index (χ2v) is 6.36. The van der Waals surface area contributed by atoms with Crippen molar-refractivity contribution in [3.05, 3.63) is 138 Å². The summed E-state index contributed by atoms with van der Waals surface area (Å²) < 4.78 is 0. The lowest BCUT2D eigenvalue weighted by Gasteiger charge is -2.15. The van der Waals surface area contributed by atoms with Crippen molar-refractivity contribution in [3.8, 4) is 0 Å². The van der Waals surface area contributed by atoms with E-state index >= 15 is 0 Å². The van der Waals surface area contributed by atoms with Gasteiger partial charge in [0.05, 0.1) is 0 Å². The van der Waals surface area contributed by atoms with E-state index in [-0.39, 0.29) is 20.8 Å². The Balaban J connectivity index is 0.000000373. The van der Waals surface area contributed by atoms with Gasteiger partial charge in [-0.15, -0.1) is 0 Å². The topological polar surface area (TPSA) is 0 Å². The summed E-state index contributed by atoms with van der Waals surface area (Å²) in [7, 11) is 0. The average molecular weight is 369 g/mol. The molecule has 4 rings (SSSR count). The second-order valence-electron chi connectivity index (χ2n) is 6.36. The van der Waals surface area contributed by atoms with Gasteiger partial charge in [-0.25, -0.2) is 0 Å². The van der Waals surface area contributed by atoms with Gasteiger partial charge in [0.1, 0.15) is 0 Å². The van der Waals surface area contributed by atoms with Crippen LogP contribution in [-0.2, 0) is 0 Å². The Hall–Kier alpha value is -3.12. The number of hydrogen-bond acceptors (Lipinski definition) is 0. The van der Waals surface area contributed by atoms with Gasteiger partial charge < -0.3 is 0 Å². The highest BCUT2D eigenvalue weighted by molar-refractivity contribution is 5.87. The largest absolute Gasteiger partial charge is 0.0987 e. The molecule has 28 heavy (non-hydrogen) atoms. The van der Waals surface area contributed by atoms with E-state index in [0.29, 0.717) is 0 Å². The molecule has 3 aromatic carbocycles. The molecule has 0 fully saturated rings. The minimum absolute atomic E-state index is 0. The first-order valence-electron chi connectivity index (χ1n) is 8.91. The minimum Gasteiger partial charge on any atom is -0.0987 e. The Morgan fingerprint density at radius 3 is 1.71 bits per heavy atom. The lowest BCUT2D eigenvalue weighted by molar-refractivity contribution is 1.01.